The molecule has 1 fully saturated rings. The van der Waals surface area contributed by atoms with Crippen LogP contribution in [0, 0.1) is 5.92 Å². The summed E-state index contributed by atoms with van der Waals surface area (Å²) >= 11 is 3.44. The minimum Gasteiger partial charge on any atom is -0.391 e. The van der Waals surface area contributed by atoms with Gasteiger partial charge in [-0.25, -0.2) is 4.68 Å². The lowest BCUT2D eigenvalue weighted by molar-refractivity contribution is 0.139. The van der Waals surface area contributed by atoms with Gasteiger partial charge in [0.15, 0.2) is 0 Å². The molecule has 2 aromatic rings. The van der Waals surface area contributed by atoms with Crippen molar-refractivity contribution in [2.75, 3.05) is 13.1 Å². The first-order chi connectivity index (χ1) is 10.2. The molecule has 0 spiro atoms. The highest BCUT2D eigenvalue weighted by atomic mass is 79.9. The van der Waals surface area contributed by atoms with Crippen molar-refractivity contribution in [2.45, 2.75) is 26.0 Å². The summed E-state index contributed by atoms with van der Waals surface area (Å²) in [6, 6.07) is 8.10. The predicted octanol–water partition coefficient (Wildman–Crippen LogP) is 2.84. The summed E-state index contributed by atoms with van der Waals surface area (Å²) in [5, 5.41) is 14.4. The van der Waals surface area contributed by atoms with E-state index in [-0.39, 0.29) is 6.10 Å². The number of aromatic nitrogens is 2. The molecule has 1 aliphatic heterocycles. The van der Waals surface area contributed by atoms with Gasteiger partial charge < -0.3 is 5.11 Å². The molecular formula is C16H20BrN3O. The second-order valence-corrected chi connectivity index (χ2v) is 6.62. The van der Waals surface area contributed by atoms with E-state index in [1.54, 1.807) is 0 Å². The number of β-amino-alcohol motifs (C(OH)–C–C–N with tert-alkyl or cyclic N) is 1. The quantitative estimate of drug-likeness (QED) is 0.922. The SMILES string of the molecule is CCC1CN(Cc2cnn(-c3ccc(Br)cc3)c2)CC1O. The van der Waals surface area contributed by atoms with Gasteiger partial charge in [-0.2, -0.15) is 5.10 Å². The van der Waals surface area contributed by atoms with Crippen molar-refractivity contribution in [3.05, 3.63) is 46.7 Å². The third-order valence-electron chi connectivity index (χ3n) is 4.14. The van der Waals surface area contributed by atoms with Gasteiger partial charge in [-0.15, -0.1) is 0 Å². The lowest BCUT2D eigenvalue weighted by Gasteiger charge is -2.13. The maximum atomic E-state index is 9.98. The van der Waals surface area contributed by atoms with E-state index in [0.29, 0.717) is 5.92 Å². The van der Waals surface area contributed by atoms with Crippen LogP contribution in [0.25, 0.3) is 5.69 Å². The van der Waals surface area contributed by atoms with Crippen molar-refractivity contribution in [2.24, 2.45) is 5.92 Å². The van der Waals surface area contributed by atoms with Crippen LogP contribution >= 0.6 is 15.9 Å². The van der Waals surface area contributed by atoms with Crippen LogP contribution in [0.4, 0.5) is 0 Å². The first-order valence-electron chi connectivity index (χ1n) is 7.35. The normalized spacial score (nSPS) is 22.8. The fraction of sp³-hybridized carbons (Fsp3) is 0.438. The zero-order chi connectivity index (χ0) is 14.8. The van der Waals surface area contributed by atoms with E-state index in [9.17, 15) is 5.11 Å². The minimum atomic E-state index is -0.184. The molecule has 0 amide bonds. The van der Waals surface area contributed by atoms with Crippen molar-refractivity contribution >= 4 is 15.9 Å². The highest BCUT2D eigenvalue weighted by molar-refractivity contribution is 9.10. The Kier molecular flexibility index (Phi) is 4.42. The van der Waals surface area contributed by atoms with Gasteiger partial charge in [-0.3, -0.25) is 4.90 Å². The summed E-state index contributed by atoms with van der Waals surface area (Å²) in [4.78, 5) is 2.31. The largest absolute Gasteiger partial charge is 0.391 e. The second-order valence-electron chi connectivity index (χ2n) is 5.70. The molecule has 1 aromatic carbocycles. The van der Waals surface area contributed by atoms with E-state index in [1.165, 1.54) is 5.56 Å². The minimum absolute atomic E-state index is 0.184. The number of nitrogens with zero attached hydrogens (tertiary/aromatic N) is 3. The Morgan fingerprint density at radius 3 is 2.71 bits per heavy atom. The standard InChI is InChI=1S/C16H20BrN3O/c1-2-13-10-19(11-16(13)21)8-12-7-18-20(9-12)15-5-3-14(17)4-6-15/h3-7,9,13,16,21H,2,8,10-11H2,1H3. The Labute approximate surface area is 133 Å². The van der Waals surface area contributed by atoms with E-state index in [0.717, 1.165) is 36.2 Å². The van der Waals surface area contributed by atoms with Crippen LogP contribution in [0.1, 0.15) is 18.9 Å². The zero-order valence-corrected chi connectivity index (χ0v) is 13.7. The van der Waals surface area contributed by atoms with Crippen LogP contribution in [-0.4, -0.2) is 39.0 Å². The number of halogens is 1. The number of hydrogen-bond acceptors (Lipinski definition) is 3. The first-order valence-corrected chi connectivity index (χ1v) is 8.15. The maximum absolute atomic E-state index is 9.98. The fourth-order valence-corrected chi connectivity index (χ4v) is 3.17. The van der Waals surface area contributed by atoms with E-state index in [4.69, 9.17) is 0 Å². The van der Waals surface area contributed by atoms with Crippen molar-refractivity contribution in [1.82, 2.24) is 14.7 Å². The molecule has 1 aliphatic rings. The number of benzene rings is 1. The van der Waals surface area contributed by atoms with Gasteiger partial charge >= 0.3 is 0 Å². The van der Waals surface area contributed by atoms with Crippen LogP contribution in [0.5, 0.6) is 0 Å². The Morgan fingerprint density at radius 1 is 1.29 bits per heavy atom. The summed E-state index contributed by atoms with van der Waals surface area (Å²) in [6.07, 6.45) is 4.83. The molecule has 0 saturated carbocycles. The van der Waals surface area contributed by atoms with Crippen LogP contribution in [-0.2, 0) is 6.54 Å². The van der Waals surface area contributed by atoms with Crippen LogP contribution in [0.3, 0.4) is 0 Å². The lowest BCUT2D eigenvalue weighted by atomic mass is 10.0. The molecule has 4 nitrogen and oxygen atoms in total. The molecule has 3 rings (SSSR count). The predicted molar refractivity (Wildman–Crippen MR) is 86.3 cm³/mol. The summed E-state index contributed by atoms with van der Waals surface area (Å²) < 4.78 is 2.96. The molecule has 21 heavy (non-hydrogen) atoms. The third kappa shape index (κ3) is 3.36. The van der Waals surface area contributed by atoms with Crippen LogP contribution in [0.15, 0.2) is 41.1 Å². The molecule has 2 unspecified atom stereocenters. The smallest absolute Gasteiger partial charge is 0.0707 e. The number of rotatable bonds is 4. The third-order valence-corrected chi connectivity index (χ3v) is 4.67. The van der Waals surface area contributed by atoms with E-state index in [1.807, 2.05) is 35.1 Å². The second kappa shape index (κ2) is 6.30. The summed E-state index contributed by atoms with van der Waals surface area (Å²) in [6.45, 7) is 4.73. The topological polar surface area (TPSA) is 41.3 Å². The molecule has 0 aliphatic carbocycles. The van der Waals surface area contributed by atoms with Gasteiger partial charge in [0.1, 0.15) is 0 Å². The molecule has 0 radical (unpaired) electrons. The van der Waals surface area contributed by atoms with Crippen LogP contribution in [0.2, 0.25) is 0 Å². The maximum Gasteiger partial charge on any atom is 0.0707 e. The monoisotopic (exact) mass is 349 g/mol. The van der Waals surface area contributed by atoms with E-state index in [2.05, 4.69) is 39.0 Å². The molecule has 1 N–H and O–H groups in total. The molecule has 112 valence electrons. The Hall–Kier alpha value is -1.17. The summed E-state index contributed by atoms with van der Waals surface area (Å²) in [7, 11) is 0. The van der Waals surface area contributed by atoms with Crippen LogP contribution < -0.4 is 0 Å². The lowest BCUT2D eigenvalue weighted by Crippen LogP contribution is -2.21. The van der Waals surface area contributed by atoms with E-state index < -0.39 is 0 Å². The van der Waals surface area contributed by atoms with E-state index >= 15 is 0 Å². The zero-order valence-electron chi connectivity index (χ0n) is 12.1. The number of aliphatic hydroxyl groups excluding tert-OH is 1. The molecular weight excluding hydrogens is 330 g/mol. The Bertz CT molecular complexity index is 596. The number of aliphatic hydroxyl groups is 1. The van der Waals surface area contributed by atoms with Crippen molar-refractivity contribution in [3.8, 4) is 5.69 Å². The Morgan fingerprint density at radius 2 is 2.05 bits per heavy atom. The molecule has 2 atom stereocenters. The number of likely N-dealkylation sites (tertiary alicyclic amines) is 1. The number of hydrogen-bond donors (Lipinski definition) is 1. The van der Waals surface area contributed by atoms with Crippen molar-refractivity contribution < 1.29 is 5.11 Å². The molecule has 5 heteroatoms. The molecule has 2 heterocycles. The van der Waals surface area contributed by atoms with Gasteiger partial charge in [0.25, 0.3) is 0 Å². The summed E-state index contributed by atoms with van der Waals surface area (Å²) in [5.41, 5.74) is 2.24. The van der Waals surface area contributed by atoms with Gasteiger partial charge in [0.05, 0.1) is 18.0 Å². The van der Waals surface area contributed by atoms with Gasteiger partial charge in [0.2, 0.25) is 0 Å². The molecule has 0 bridgehead atoms. The highest BCUT2D eigenvalue weighted by Crippen LogP contribution is 2.22. The van der Waals surface area contributed by atoms with Crippen molar-refractivity contribution in [3.63, 3.8) is 0 Å². The first kappa shape index (κ1) is 14.8. The average molecular weight is 350 g/mol. The van der Waals surface area contributed by atoms with Crippen molar-refractivity contribution in [1.29, 1.82) is 0 Å². The molecule has 1 saturated heterocycles. The molecule has 1 aromatic heterocycles. The highest BCUT2D eigenvalue weighted by Gasteiger charge is 2.29. The summed E-state index contributed by atoms with van der Waals surface area (Å²) in [5.74, 6) is 0.409. The fourth-order valence-electron chi connectivity index (χ4n) is 2.91. The van der Waals surface area contributed by atoms with Gasteiger partial charge in [0, 0.05) is 35.9 Å². The van der Waals surface area contributed by atoms with Gasteiger partial charge in [-0.1, -0.05) is 22.9 Å². The average Bonchev–Trinajstić information content (AvgIpc) is 3.07. The van der Waals surface area contributed by atoms with Gasteiger partial charge in [-0.05, 0) is 36.6 Å². The Balaban J connectivity index is 1.67.